The van der Waals surface area contributed by atoms with Crippen LogP contribution in [0.3, 0.4) is 0 Å². The highest BCUT2D eigenvalue weighted by Crippen LogP contribution is 2.26. The number of fused-ring (bicyclic) bond motifs is 1. The van der Waals surface area contributed by atoms with Crippen molar-refractivity contribution >= 4 is 23.0 Å². The minimum absolute atomic E-state index is 0.0372. The Morgan fingerprint density at radius 1 is 1.33 bits per heavy atom. The first-order chi connectivity index (χ1) is 11.5. The predicted octanol–water partition coefficient (Wildman–Crippen LogP) is 0.958. The van der Waals surface area contributed by atoms with Gasteiger partial charge >= 0.3 is 5.97 Å². The number of nitrogen functional groups attached to an aromatic ring is 1. The van der Waals surface area contributed by atoms with Crippen LogP contribution >= 0.6 is 0 Å². The van der Waals surface area contributed by atoms with Crippen molar-refractivity contribution in [3.05, 3.63) is 35.5 Å². The van der Waals surface area contributed by atoms with Crippen molar-refractivity contribution in [1.82, 2.24) is 19.7 Å². The molecule has 0 atom stereocenters. The summed E-state index contributed by atoms with van der Waals surface area (Å²) in [4.78, 5) is 19.5. The van der Waals surface area contributed by atoms with Gasteiger partial charge in [0.1, 0.15) is 16.8 Å². The summed E-state index contributed by atoms with van der Waals surface area (Å²) < 4.78 is 11.5. The van der Waals surface area contributed by atoms with Crippen molar-refractivity contribution in [2.24, 2.45) is 0 Å². The van der Waals surface area contributed by atoms with E-state index in [0.29, 0.717) is 27.9 Å². The number of esters is 1. The molecule has 3 rings (SSSR count). The number of nitrogens with two attached hydrogens (primary N) is 1. The van der Waals surface area contributed by atoms with Crippen LogP contribution in [0.4, 0.5) is 5.95 Å². The van der Waals surface area contributed by atoms with Crippen LogP contribution in [0.2, 0.25) is 0 Å². The lowest BCUT2D eigenvalue weighted by Gasteiger charge is -2.11. The number of anilines is 1. The molecule has 0 aliphatic carbocycles. The highest BCUT2D eigenvalue weighted by atomic mass is 16.5. The number of ether oxygens (including phenoxy) is 2. The van der Waals surface area contributed by atoms with Gasteiger partial charge in [0.05, 0.1) is 32.5 Å². The van der Waals surface area contributed by atoms with E-state index in [0.717, 1.165) is 0 Å². The molecule has 9 heteroatoms. The molecule has 124 valence electrons. The van der Waals surface area contributed by atoms with Gasteiger partial charge in [-0.1, -0.05) is 0 Å². The number of benzene rings is 1. The van der Waals surface area contributed by atoms with Crippen LogP contribution < -0.4 is 10.5 Å². The number of hydrogen-bond donors (Lipinski definition) is 2. The Labute approximate surface area is 136 Å². The minimum atomic E-state index is -0.455. The zero-order valence-electron chi connectivity index (χ0n) is 13.1. The number of nitrogens with zero attached hydrogens (tertiary/aromatic N) is 4. The first-order valence-electron chi connectivity index (χ1n) is 6.96. The average molecular weight is 329 g/mol. The molecule has 0 aliphatic rings. The van der Waals surface area contributed by atoms with Gasteiger partial charge < -0.3 is 20.3 Å². The molecule has 0 fully saturated rings. The molecule has 2 heterocycles. The molecule has 0 spiro atoms. The quantitative estimate of drug-likeness (QED) is 0.678. The third-order valence-corrected chi connectivity index (χ3v) is 3.51. The van der Waals surface area contributed by atoms with Gasteiger partial charge in [-0.05, 0) is 18.2 Å². The van der Waals surface area contributed by atoms with Crippen LogP contribution in [-0.4, -0.2) is 45.0 Å². The SMILES string of the molecule is COC(=O)c1ccc(OC)c(Cn2ncc3nc(N)nc(O)c32)c1. The van der Waals surface area contributed by atoms with Gasteiger partial charge in [0.25, 0.3) is 0 Å². The van der Waals surface area contributed by atoms with E-state index in [1.54, 1.807) is 18.2 Å². The van der Waals surface area contributed by atoms with Gasteiger partial charge in [-0.2, -0.15) is 10.1 Å². The maximum absolute atomic E-state index is 11.7. The van der Waals surface area contributed by atoms with E-state index >= 15 is 0 Å². The fourth-order valence-electron chi connectivity index (χ4n) is 2.43. The van der Waals surface area contributed by atoms with E-state index in [2.05, 4.69) is 15.1 Å². The van der Waals surface area contributed by atoms with E-state index in [-0.39, 0.29) is 18.4 Å². The number of methoxy groups -OCH3 is 2. The Hall–Kier alpha value is -3.36. The lowest BCUT2D eigenvalue weighted by Crippen LogP contribution is -2.07. The van der Waals surface area contributed by atoms with Crippen LogP contribution in [-0.2, 0) is 11.3 Å². The Balaban J connectivity index is 2.06. The predicted molar refractivity (Wildman–Crippen MR) is 84.8 cm³/mol. The second kappa shape index (κ2) is 6.03. The van der Waals surface area contributed by atoms with E-state index in [9.17, 15) is 9.90 Å². The lowest BCUT2D eigenvalue weighted by atomic mass is 10.1. The molecule has 1 aromatic carbocycles. The Kier molecular flexibility index (Phi) is 3.90. The molecule has 0 aliphatic heterocycles. The zero-order chi connectivity index (χ0) is 17.3. The molecule has 24 heavy (non-hydrogen) atoms. The zero-order valence-corrected chi connectivity index (χ0v) is 13.1. The smallest absolute Gasteiger partial charge is 0.337 e. The average Bonchev–Trinajstić information content (AvgIpc) is 2.96. The normalized spacial score (nSPS) is 10.8. The van der Waals surface area contributed by atoms with Gasteiger partial charge in [0, 0.05) is 5.56 Å². The summed E-state index contributed by atoms with van der Waals surface area (Å²) in [5, 5.41) is 14.2. The van der Waals surface area contributed by atoms with Gasteiger partial charge in [-0.3, -0.25) is 4.68 Å². The van der Waals surface area contributed by atoms with Crippen molar-refractivity contribution in [2.75, 3.05) is 20.0 Å². The number of carbonyl (C=O) groups excluding carboxylic acids is 1. The molecule has 0 bridgehead atoms. The van der Waals surface area contributed by atoms with Crippen LogP contribution in [0.15, 0.2) is 24.4 Å². The fraction of sp³-hybridized carbons (Fsp3) is 0.200. The highest BCUT2D eigenvalue weighted by molar-refractivity contribution is 5.89. The van der Waals surface area contributed by atoms with Crippen molar-refractivity contribution in [3.8, 4) is 11.6 Å². The molecule has 0 saturated carbocycles. The Morgan fingerprint density at radius 2 is 2.12 bits per heavy atom. The highest BCUT2D eigenvalue weighted by Gasteiger charge is 2.15. The number of aromatic hydroxyl groups is 1. The first-order valence-corrected chi connectivity index (χ1v) is 6.96. The summed E-state index contributed by atoms with van der Waals surface area (Å²) in [5.74, 6) is -0.187. The maximum Gasteiger partial charge on any atom is 0.337 e. The van der Waals surface area contributed by atoms with Crippen LogP contribution in [0.5, 0.6) is 11.6 Å². The standard InChI is InChI=1S/C15H15N5O4/c1-23-11-4-3-8(14(22)24-2)5-9(11)7-20-12-10(6-17-20)18-15(16)19-13(12)21/h3-6H,7H2,1-2H3,(H3,16,18,19,21). The van der Waals surface area contributed by atoms with E-state index < -0.39 is 5.97 Å². The van der Waals surface area contributed by atoms with Crippen LogP contribution in [0.1, 0.15) is 15.9 Å². The molecule has 9 nitrogen and oxygen atoms in total. The minimum Gasteiger partial charge on any atom is -0.496 e. The molecule has 2 aromatic heterocycles. The van der Waals surface area contributed by atoms with E-state index in [1.807, 2.05) is 0 Å². The first kappa shape index (κ1) is 15.5. The number of carbonyl (C=O) groups is 1. The fourth-order valence-corrected chi connectivity index (χ4v) is 2.43. The molecule has 0 radical (unpaired) electrons. The number of hydrogen-bond acceptors (Lipinski definition) is 8. The van der Waals surface area contributed by atoms with Gasteiger partial charge in [-0.15, -0.1) is 0 Å². The molecule has 0 saturated heterocycles. The van der Waals surface area contributed by atoms with E-state index in [4.69, 9.17) is 15.2 Å². The van der Waals surface area contributed by atoms with Crippen molar-refractivity contribution in [2.45, 2.75) is 6.54 Å². The van der Waals surface area contributed by atoms with Crippen molar-refractivity contribution < 1.29 is 19.4 Å². The van der Waals surface area contributed by atoms with E-state index in [1.165, 1.54) is 25.1 Å². The topological polar surface area (TPSA) is 125 Å². The summed E-state index contributed by atoms with van der Waals surface area (Å²) in [6.07, 6.45) is 1.48. The molecular weight excluding hydrogens is 314 g/mol. The summed E-state index contributed by atoms with van der Waals surface area (Å²) in [6.45, 7) is 0.234. The van der Waals surface area contributed by atoms with Crippen molar-refractivity contribution in [1.29, 1.82) is 0 Å². The molecule has 3 N–H and O–H groups in total. The second-order valence-corrected chi connectivity index (χ2v) is 4.96. The van der Waals surface area contributed by atoms with Gasteiger partial charge in [0.2, 0.25) is 11.8 Å². The third-order valence-electron chi connectivity index (χ3n) is 3.51. The maximum atomic E-state index is 11.7. The summed E-state index contributed by atoms with van der Waals surface area (Å²) in [6, 6.07) is 4.92. The monoisotopic (exact) mass is 329 g/mol. The van der Waals surface area contributed by atoms with Gasteiger partial charge in [-0.25, -0.2) is 9.78 Å². The summed E-state index contributed by atoms with van der Waals surface area (Å²) in [5.41, 5.74) is 7.34. The largest absolute Gasteiger partial charge is 0.496 e. The van der Waals surface area contributed by atoms with Crippen LogP contribution in [0, 0.1) is 0 Å². The molecule has 3 aromatic rings. The second-order valence-electron chi connectivity index (χ2n) is 4.96. The number of aromatic nitrogens is 4. The van der Waals surface area contributed by atoms with Crippen molar-refractivity contribution in [3.63, 3.8) is 0 Å². The Bertz CT molecular complexity index is 922. The molecular formula is C15H15N5O4. The summed E-state index contributed by atoms with van der Waals surface area (Å²) in [7, 11) is 2.84. The third kappa shape index (κ3) is 2.67. The number of rotatable bonds is 4. The lowest BCUT2D eigenvalue weighted by molar-refractivity contribution is 0.0600. The summed E-state index contributed by atoms with van der Waals surface area (Å²) >= 11 is 0. The Morgan fingerprint density at radius 3 is 2.83 bits per heavy atom. The van der Waals surface area contributed by atoms with Crippen LogP contribution in [0.25, 0.3) is 11.0 Å². The molecule has 0 unspecified atom stereocenters. The molecule has 0 amide bonds. The van der Waals surface area contributed by atoms with Gasteiger partial charge in [0.15, 0.2) is 0 Å².